The van der Waals surface area contributed by atoms with E-state index in [0.717, 1.165) is 16.4 Å². The molecule has 0 radical (unpaired) electrons. The number of aryl methyl sites for hydroxylation is 1. The highest BCUT2D eigenvalue weighted by atomic mass is 32.2. The Morgan fingerprint density at radius 2 is 1.86 bits per heavy atom. The summed E-state index contributed by atoms with van der Waals surface area (Å²) >= 11 is 1.67. The van der Waals surface area contributed by atoms with Gasteiger partial charge in [-0.05, 0) is 42.7 Å². The Labute approximate surface area is 133 Å². The van der Waals surface area contributed by atoms with E-state index in [0.29, 0.717) is 5.56 Å². The van der Waals surface area contributed by atoms with Crippen molar-refractivity contribution in [3.63, 3.8) is 0 Å². The van der Waals surface area contributed by atoms with E-state index in [4.69, 9.17) is 0 Å². The van der Waals surface area contributed by atoms with E-state index in [1.165, 1.54) is 0 Å². The summed E-state index contributed by atoms with van der Waals surface area (Å²) in [5.74, 6) is 0.567. The second kappa shape index (κ2) is 6.11. The Morgan fingerprint density at radius 1 is 1.18 bits per heavy atom. The van der Waals surface area contributed by atoms with Crippen LogP contribution >= 0.6 is 11.8 Å². The molecule has 0 aliphatic rings. The minimum Gasteiger partial charge on any atom is -0.322 e. The lowest BCUT2D eigenvalue weighted by molar-refractivity contribution is 0.102. The van der Waals surface area contributed by atoms with Crippen molar-refractivity contribution in [3.05, 3.63) is 60.6 Å². The predicted octanol–water partition coefficient (Wildman–Crippen LogP) is 3.19. The number of benzene rings is 1. The summed E-state index contributed by atoms with van der Waals surface area (Å²) in [6.07, 6.45) is 7.38. The molecular weight excluding hydrogens is 296 g/mol. The van der Waals surface area contributed by atoms with Crippen LogP contribution in [-0.4, -0.2) is 26.5 Å². The number of aromatic nitrogens is 3. The first-order chi connectivity index (χ1) is 10.7. The van der Waals surface area contributed by atoms with Gasteiger partial charge >= 0.3 is 0 Å². The molecule has 3 aromatic rings. The molecule has 5 nitrogen and oxygen atoms in total. The van der Waals surface area contributed by atoms with E-state index in [9.17, 15) is 4.79 Å². The standard InChI is InChI=1S/C16H16N4OS/c1-19-16(20-9-3-4-10-20)14(11-17-19)15(21)18-12-5-7-13(22-2)8-6-12/h3-11H,1-2H3,(H,18,21). The van der Waals surface area contributed by atoms with Gasteiger partial charge in [0.1, 0.15) is 11.4 Å². The van der Waals surface area contributed by atoms with Gasteiger partial charge in [0.25, 0.3) is 5.91 Å². The molecule has 0 bridgehead atoms. The Kier molecular flexibility index (Phi) is 4.02. The van der Waals surface area contributed by atoms with Crippen LogP contribution in [0.25, 0.3) is 5.82 Å². The predicted molar refractivity (Wildman–Crippen MR) is 88.7 cm³/mol. The SMILES string of the molecule is CSc1ccc(NC(=O)c2cnn(C)c2-n2cccc2)cc1. The van der Waals surface area contributed by atoms with Crippen LogP contribution in [0.15, 0.2) is 59.9 Å². The van der Waals surface area contributed by atoms with Crippen molar-refractivity contribution < 1.29 is 4.79 Å². The first kappa shape index (κ1) is 14.5. The summed E-state index contributed by atoms with van der Waals surface area (Å²) in [6.45, 7) is 0. The molecule has 1 aromatic carbocycles. The fourth-order valence-electron chi connectivity index (χ4n) is 2.25. The smallest absolute Gasteiger partial charge is 0.261 e. The molecule has 112 valence electrons. The van der Waals surface area contributed by atoms with Gasteiger partial charge in [0, 0.05) is 30.0 Å². The highest BCUT2D eigenvalue weighted by Crippen LogP contribution is 2.19. The zero-order valence-electron chi connectivity index (χ0n) is 12.4. The maximum atomic E-state index is 12.5. The van der Waals surface area contributed by atoms with Crippen LogP contribution in [0.2, 0.25) is 0 Å². The molecule has 0 atom stereocenters. The van der Waals surface area contributed by atoms with E-state index in [-0.39, 0.29) is 5.91 Å². The molecule has 6 heteroatoms. The van der Waals surface area contributed by atoms with Gasteiger partial charge in [0.15, 0.2) is 0 Å². The Balaban J connectivity index is 1.86. The molecule has 22 heavy (non-hydrogen) atoms. The van der Waals surface area contributed by atoms with Gasteiger partial charge in [-0.1, -0.05) is 0 Å². The van der Waals surface area contributed by atoms with Crippen LogP contribution in [-0.2, 0) is 7.05 Å². The Morgan fingerprint density at radius 3 is 2.50 bits per heavy atom. The van der Waals surface area contributed by atoms with Gasteiger partial charge in [0.05, 0.1) is 6.20 Å². The maximum Gasteiger partial charge on any atom is 0.261 e. The lowest BCUT2D eigenvalue weighted by Crippen LogP contribution is -2.14. The molecule has 1 amide bonds. The highest BCUT2D eigenvalue weighted by molar-refractivity contribution is 7.98. The second-order valence-electron chi connectivity index (χ2n) is 4.78. The lowest BCUT2D eigenvalue weighted by Gasteiger charge is -2.08. The van der Waals surface area contributed by atoms with E-state index in [1.807, 2.05) is 66.7 Å². The molecule has 0 unspecified atom stereocenters. The van der Waals surface area contributed by atoms with Crippen molar-refractivity contribution in [2.24, 2.45) is 7.05 Å². The summed E-state index contributed by atoms with van der Waals surface area (Å²) in [4.78, 5) is 13.7. The Hall–Kier alpha value is -2.47. The van der Waals surface area contributed by atoms with Crippen LogP contribution in [0, 0.1) is 0 Å². The number of carbonyl (C=O) groups is 1. The van der Waals surface area contributed by atoms with E-state index in [2.05, 4.69) is 10.4 Å². The minimum atomic E-state index is -0.172. The molecule has 0 spiro atoms. The molecule has 0 saturated carbocycles. The monoisotopic (exact) mass is 312 g/mol. The number of nitrogens with zero attached hydrogens (tertiary/aromatic N) is 3. The fraction of sp³-hybridized carbons (Fsp3) is 0.125. The number of anilines is 1. The number of hydrogen-bond acceptors (Lipinski definition) is 3. The van der Waals surface area contributed by atoms with Crippen molar-refractivity contribution in [1.29, 1.82) is 0 Å². The molecule has 0 aliphatic heterocycles. The first-order valence-electron chi connectivity index (χ1n) is 6.80. The normalized spacial score (nSPS) is 10.6. The molecule has 1 N–H and O–H groups in total. The largest absolute Gasteiger partial charge is 0.322 e. The third-order valence-corrected chi connectivity index (χ3v) is 4.09. The van der Waals surface area contributed by atoms with Crippen molar-refractivity contribution in [3.8, 4) is 5.82 Å². The van der Waals surface area contributed by atoms with Crippen molar-refractivity contribution in [2.45, 2.75) is 4.90 Å². The van der Waals surface area contributed by atoms with Crippen molar-refractivity contribution >= 4 is 23.4 Å². The zero-order valence-corrected chi connectivity index (χ0v) is 13.2. The number of thioether (sulfide) groups is 1. The highest BCUT2D eigenvalue weighted by Gasteiger charge is 2.17. The third-order valence-electron chi connectivity index (χ3n) is 3.35. The summed E-state index contributed by atoms with van der Waals surface area (Å²) < 4.78 is 3.56. The summed E-state index contributed by atoms with van der Waals surface area (Å²) in [7, 11) is 1.82. The molecular formula is C16H16N4OS. The first-order valence-corrected chi connectivity index (χ1v) is 8.02. The van der Waals surface area contributed by atoms with Gasteiger partial charge < -0.3 is 9.88 Å². The fourth-order valence-corrected chi connectivity index (χ4v) is 2.65. The number of rotatable bonds is 4. The molecule has 3 rings (SSSR count). The van der Waals surface area contributed by atoms with Gasteiger partial charge in [0.2, 0.25) is 0 Å². The Bertz CT molecular complexity index is 775. The molecule has 0 fully saturated rings. The number of amides is 1. The van der Waals surface area contributed by atoms with Crippen LogP contribution < -0.4 is 5.32 Å². The number of carbonyl (C=O) groups excluding carboxylic acids is 1. The van der Waals surface area contributed by atoms with E-state index >= 15 is 0 Å². The van der Waals surface area contributed by atoms with Crippen LogP contribution in [0.5, 0.6) is 0 Å². The lowest BCUT2D eigenvalue weighted by atomic mass is 10.2. The molecule has 2 heterocycles. The molecule has 0 aliphatic carbocycles. The second-order valence-corrected chi connectivity index (χ2v) is 5.66. The number of hydrogen-bond donors (Lipinski definition) is 1. The average Bonchev–Trinajstić information content (AvgIpc) is 3.17. The van der Waals surface area contributed by atoms with Crippen molar-refractivity contribution in [1.82, 2.24) is 14.3 Å². The zero-order chi connectivity index (χ0) is 15.5. The van der Waals surface area contributed by atoms with Crippen LogP contribution in [0.4, 0.5) is 5.69 Å². The van der Waals surface area contributed by atoms with Gasteiger partial charge in [-0.3, -0.25) is 9.48 Å². The average molecular weight is 312 g/mol. The summed E-state index contributed by atoms with van der Waals surface area (Å²) in [5.41, 5.74) is 1.30. The number of nitrogens with one attached hydrogen (secondary N) is 1. The minimum absolute atomic E-state index is 0.172. The van der Waals surface area contributed by atoms with Gasteiger partial charge in [-0.15, -0.1) is 11.8 Å². The summed E-state index contributed by atoms with van der Waals surface area (Å²) in [6, 6.07) is 11.6. The van der Waals surface area contributed by atoms with Crippen LogP contribution in [0.1, 0.15) is 10.4 Å². The van der Waals surface area contributed by atoms with E-state index < -0.39 is 0 Å². The van der Waals surface area contributed by atoms with Gasteiger partial charge in [-0.2, -0.15) is 5.10 Å². The molecule has 0 saturated heterocycles. The quantitative estimate of drug-likeness (QED) is 0.753. The van der Waals surface area contributed by atoms with Crippen LogP contribution in [0.3, 0.4) is 0 Å². The summed E-state index contributed by atoms with van der Waals surface area (Å²) in [5, 5.41) is 7.10. The topological polar surface area (TPSA) is 51.9 Å². The maximum absolute atomic E-state index is 12.5. The molecule has 2 aromatic heterocycles. The van der Waals surface area contributed by atoms with Gasteiger partial charge in [-0.25, -0.2) is 0 Å². The van der Waals surface area contributed by atoms with Crippen molar-refractivity contribution in [2.75, 3.05) is 11.6 Å². The van der Waals surface area contributed by atoms with E-state index in [1.54, 1.807) is 22.6 Å². The third kappa shape index (κ3) is 2.78.